The van der Waals surface area contributed by atoms with Gasteiger partial charge in [0.2, 0.25) is 0 Å². The van der Waals surface area contributed by atoms with Crippen LogP contribution in [0, 0.1) is 19.3 Å². The van der Waals surface area contributed by atoms with E-state index in [2.05, 4.69) is 21.1 Å². The van der Waals surface area contributed by atoms with Crippen molar-refractivity contribution in [1.82, 2.24) is 15.2 Å². The standard InChI is InChI=1S/C17H13N3O/c1-4-12-7-8-13(15(10-12)21-3)17-14-6-5-9-18-16(14)11(2)19-20-17/h1,5-10H,2-3H3. The molecule has 0 aliphatic carbocycles. The van der Waals surface area contributed by atoms with Crippen LogP contribution >= 0.6 is 0 Å². The lowest BCUT2D eigenvalue weighted by atomic mass is 10.0. The van der Waals surface area contributed by atoms with Crippen LogP contribution in [0.25, 0.3) is 22.2 Å². The van der Waals surface area contributed by atoms with Crippen molar-refractivity contribution in [1.29, 1.82) is 0 Å². The van der Waals surface area contributed by atoms with Crippen LogP contribution in [0.5, 0.6) is 5.75 Å². The number of methoxy groups -OCH3 is 1. The first-order valence-electron chi connectivity index (χ1n) is 6.47. The molecule has 2 aromatic heterocycles. The number of hydrogen-bond donors (Lipinski definition) is 0. The summed E-state index contributed by atoms with van der Waals surface area (Å²) in [7, 11) is 1.61. The van der Waals surface area contributed by atoms with E-state index in [1.54, 1.807) is 13.3 Å². The minimum atomic E-state index is 0.675. The quantitative estimate of drug-likeness (QED) is 0.675. The zero-order chi connectivity index (χ0) is 14.8. The van der Waals surface area contributed by atoms with Gasteiger partial charge in [-0.05, 0) is 37.3 Å². The maximum atomic E-state index is 5.44. The largest absolute Gasteiger partial charge is 0.496 e. The Morgan fingerprint density at radius 2 is 2.05 bits per heavy atom. The lowest BCUT2D eigenvalue weighted by Crippen LogP contribution is -1.97. The highest BCUT2D eigenvalue weighted by molar-refractivity contribution is 5.94. The van der Waals surface area contributed by atoms with E-state index in [9.17, 15) is 0 Å². The van der Waals surface area contributed by atoms with E-state index in [-0.39, 0.29) is 0 Å². The predicted molar refractivity (Wildman–Crippen MR) is 82.0 cm³/mol. The van der Waals surface area contributed by atoms with Crippen LogP contribution < -0.4 is 4.74 Å². The van der Waals surface area contributed by atoms with Crippen LogP contribution in [0.3, 0.4) is 0 Å². The number of rotatable bonds is 2. The molecule has 0 fully saturated rings. The van der Waals surface area contributed by atoms with Crippen LogP contribution in [0.4, 0.5) is 0 Å². The molecule has 1 aromatic carbocycles. The number of ether oxygens (including phenoxy) is 1. The number of aromatic nitrogens is 3. The van der Waals surface area contributed by atoms with E-state index in [0.29, 0.717) is 5.75 Å². The molecule has 102 valence electrons. The molecule has 0 N–H and O–H groups in total. The molecule has 3 rings (SSSR count). The van der Waals surface area contributed by atoms with Crippen LogP contribution in [0.1, 0.15) is 11.3 Å². The topological polar surface area (TPSA) is 47.9 Å². The molecular weight excluding hydrogens is 262 g/mol. The fraction of sp³-hybridized carbons (Fsp3) is 0.118. The maximum Gasteiger partial charge on any atom is 0.129 e. The van der Waals surface area contributed by atoms with E-state index in [4.69, 9.17) is 11.2 Å². The summed E-state index contributed by atoms with van der Waals surface area (Å²) < 4.78 is 5.44. The van der Waals surface area contributed by atoms with E-state index in [1.807, 2.05) is 37.3 Å². The fourth-order valence-electron chi connectivity index (χ4n) is 2.29. The van der Waals surface area contributed by atoms with Gasteiger partial charge in [0.1, 0.15) is 11.4 Å². The predicted octanol–water partition coefficient (Wildman–Crippen LogP) is 2.99. The van der Waals surface area contributed by atoms with Gasteiger partial charge in [0.25, 0.3) is 0 Å². The van der Waals surface area contributed by atoms with Crippen LogP contribution in [0.15, 0.2) is 36.5 Å². The Morgan fingerprint density at radius 3 is 2.81 bits per heavy atom. The molecule has 0 saturated carbocycles. The van der Waals surface area contributed by atoms with E-state index in [1.165, 1.54) is 0 Å². The molecule has 0 bridgehead atoms. The molecule has 0 unspecified atom stereocenters. The molecule has 0 spiro atoms. The summed E-state index contributed by atoms with van der Waals surface area (Å²) in [5.74, 6) is 3.27. The molecule has 0 radical (unpaired) electrons. The van der Waals surface area contributed by atoms with E-state index < -0.39 is 0 Å². The normalized spacial score (nSPS) is 10.3. The zero-order valence-electron chi connectivity index (χ0n) is 11.8. The molecule has 0 amide bonds. The number of aryl methyl sites for hydroxylation is 1. The van der Waals surface area contributed by atoms with Gasteiger partial charge in [-0.3, -0.25) is 4.98 Å². The van der Waals surface area contributed by atoms with Crippen LogP contribution in [0.2, 0.25) is 0 Å². The summed E-state index contributed by atoms with van der Waals surface area (Å²) in [5, 5.41) is 9.45. The van der Waals surface area contributed by atoms with Crippen molar-refractivity contribution in [2.45, 2.75) is 6.92 Å². The Hall–Kier alpha value is -2.93. The van der Waals surface area contributed by atoms with Gasteiger partial charge < -0.3 is 4.74 Å². The lowest BCUT2D eigenvalue weighted by molar-refractivity contribution is 0.416. The summed E-state index contributed by atoms with van der Waals surface area (Å²) in [6.45, 7) is 1.89. The number of fused-ring (bicyclic) bond motifs is 1. The molecule has 21 heavy (non-hydrogen) atoms. The molecule has 4 heteroatoms. The van der Waals surface area contributed by atoms with Crippen molar-refractivity contribution in [2.24, 2.45) is 0 Å². The molecule has 3 aromatic rings. The minimum Gasteiger partial charge on any atom is -0.496 e. The molecule has 0 aliphatic rings. The van der Waals surface area contributed by atoms with E-state index >= 15 is 0 Å². The summed E-state index contributed by atoms with van der Waals surface area (Å²) in [6.07, 6.45) is 7.18. The van der Waals surface area contributed by atoms with Crippen LogP contribution in [-0.2, 0) is 0 Å². The number of hydrogen-bond acceptors (Lipinski definition) is 4. The Labute approximate surface area is 122 Å². The summed E-state index contributed by atoms with van der Waals surface area (Å²) in [4.78, 5) is 4.38. The first-order chi connectivity index (χ1) is 10.2. The monoisotopic (exact) mass is 275 g/mol. The summed E-state index contributed by atoms with van der Waals surface area (Å²) in [5.41, 5.74) is 3.99. The average Bonchev–Trinajstić information content (AvgIpc) is 2.55. The zero-order valence-corrected chi connectivity index (χ0v) is 11.8. The number of nitrogens with zero attached hydrogens (tertiary/aromatic N) is 3. The van der Waals surface area contributed by atoms with Gasteiger partial charge in [-0.25, -0.2) is 0 Å². The van der Waals surface area contributed by atoms with Crippen molar-refractivity contribution in [3.05, 3.63) is 47.8 Å². The number of terminal acetylenes is 1. The van der Waals surface area contributed by atoms with E-state index in [0.717, 1.165) is 33.4 Å². The van der Waals surface area contributed by atoms with Crippen LogP contribution in [-0.4, -0.2) is 22.3 Å². The van der Waals surface area contributed by atoms with Gasteiger partial charge in [0.15, 0.2) is 0 Å². The van der Waals surface area contributed by atoms with Gasteiger partial charge in [0.05, 0.1) is 18.3 Å². The molecule has 0 aliphatic heterocycles. The number of pyridine rings is 1. The Balaban J connectivity index is 2.31. The average molecular weight is 275 g/mol. The van der Waals surface area contributed by atoms with Gasteiger partial charge in [-0.2, -0.15) is 5.10 Å². The van der Waals surface area contributed by atoms with Crippen molar-refractivity contribution < 1.29 is 4.74 Å². The first kappa shape index (κ1) is 13.1. The third kappa shape index (κ3) is 2.19. The summed E-state index contributed by atoms with van der Waals surface area (Å²) in [6, 6.07) is 9.45. The Morgan fingerprint density at radius 1 is 1.19 bits per heavy atom. The van der Waals surface area contributed by atoms with Gasteiger partial charge in [-0.15, -0.1) is 11.5 Å². The Bertz CT molecular complexity index is 866. The molecule has 0 atom stereocenters. The Kier molecular flexibility index (Phi) is 3.25. The van der Waals surface area contributed by atoms with Crippen molar-refractivity contribution in [3.63, 3.8) is 0 Å². The molecule has 0 saturated heterocycles. The third-order valence-corrected chi connectivity index (χ3v) is 3.33. The lowest BCUT2D eigenvalue weighted by Gasteiger charge is -2.10. The van der Waals surface area contributed by atoms with Gasteiger partial charge >= 0.3 is 0 Å². The highest BCUT2D eigenvalue weighted by atomic mass is 16.5. The second-order valence-corrected chi connectivity index (χ2v) is 4.59. The smallest absolute Gasteiger partial charge is 0.129 e. The molecule has 4 nitrogen and oxygen atoms in total. The van der Waals surface area contributed by atoms with Crippen molar-refractivity contribution in [2.75, 3.05) is 7.11 Å². The molecule has 2 heterocycles. The highest BCUT2D eigenvalue weighted by Crippen LogP contribution is 2.33. The molecular formula is C17H13N3O. The van der Waals surface area contributed by atoms with Crippen molar-refractivity contribution in [3.8, 4) is 29.4 Å². The van der Waals surface area contributed by atoms with Gasteiger partial charge in [0, 0.05) is 22.7 Å². The minimum absolute atomic E-state index is 0.675. The number of benzene rings is 1. The highest BCUT2D eigenvalue weighted by Gasteiger charge is 2.14. The summed E-state index contributed by atoms with van der Waals surface area (Å²) >= 11 is 0. The van der Waals surface area contributed by atoms with Gasteiger partial charge in [-0.1, -0.05) is 5.92 Å². The fourth-order valence-corrected chi connectivity index (χ4v) is 2.29. The maximum absolute atomic E-state index is 5.44. The third-order valence-electron chi connectivity index (χ3n) is 3.33. The second kappa shape index (κ2) is 5.22. The first-order valence-corrected chi connectivity index (χ1v) is 6.47. The SMILES string of the molecule is C#Cc1ccc(-c2nnc(C)c3ncccc23)c(OC)c1. The second-order valence-electron chi connectivity index (χ2n) is 4.59. The van der Waals surface area contributed by atoms with Crippen molar-refractivity contribution >= 4 is 10.9 Å².